The zero-order valence-corrected chi connectivity index (χ0v) is 22.3. The van der Waals surface area contributed by atoms with Crippen LogP contribution in [0, 0.1) is 0 Å². The minimum atomic E-state index is -0.826. The Balaban J connectivity index is 1.44. The molecule has 0 radical (unpaired) electrons. The number of piperidine rings is 1. The number of ether oxygens (including phenoxy) is 1. The molecule has 2 heterocycles. The lowest BCUT2D eigenvalue weighted by Gasteiger charge is -2.33. The van der Waals surface area contributed by atoms with E-state index in [1.807, 2.05) is 66.9 Å². The molecule has 0 bridgehead atoms. The SMILES string of the molecule is COc1ccc(N2CCCCC2)c(C(NC(=O)Cc2ccc3[nH]cc(CCC(=O)O)c3c2)c2ccccc2)c1. The van der Waals surface area contributed by atoms with Gasteiger partial charge in [0.25, 0.3) is 0 Å². The van der Waals surface area contributed by atoms with Crippen molar-refractivity contribution in [2.24, 2.45) is 0 Å². The van der Waals surface area contributed by atoms with Crippen molar-refractivity contribution in [1.82, 2.24) is 10.3 Å². The summed E-state index contributed by atoms with van der Waals surface area (Å²) in [5.74, 6) is -0.153. The minimum absolute atomic E-state index is 0.0658. The van der Waals surface area contributed by atoms with E-state index in [2.05, 4.69) is 21.3 Å². The van der Waals surface area contributed by atoms with Crippen LogP contribution >= 0.6 is 0 Å². The van der Waals surface area contributed by atoms with Gasteiger partial charge in [0.15, 0.2) is 0 Å². The number of hydrogen-bond donors (Lipinski definition) is 3. The van der Waals surface area contributed by atoms with Crippen LogP contribution in [0.3, 0.4) is 0 Å². The maximum absolute atomic E-state index is 13.5. The number of nitrogens with zero attached hydrogens (tertiary/aromatic N) is 1. The van der Waals surface area contributed by atoms with E-state index in [1.54, 1.807) is 7.11 Å². The molecule has 0 aliphatic carbocycles. The zero-order chi connectivity index (χ0) is 27.2. The third kappa shape index (κ3) is 6.25. The molecule has 1 unspecified atom stereocenters. The lowest BCUT2D eigenvalue weighted by Crippen LogP contribution is -2.34. The number of aryl methyl sites for hydroxylation is 1. The Kier molecular flexibility index (Phi) is 8.16. The Labute approximate surface area is 228 Å². The van der Waals surface area contributed by atoms with Crippen molar-refractivity contribution in [3.8, 4) is 5.75 Å². The van der Waals surface area contributed by atoms with Crippen LogP contribution in [0.1, 0.15) is 54.0 Å². The number of aromatic amines is 1. The van der Waals surface area contributed by atoms with E-state index in [4.69, 9.17) is 9.84 Å². The number of benzene rings is 3. The van der Waals surface area contributed by atoms with Gasteiger partial charge in [0.05, 0.1) is 19.6 Å². The molecule has 1 aromatic heterocycles. The van der Waals surface area contributed by atoms with Crippen LogP contribution in [0.4, 0.5) is 5.69 Å². The standard InChI is InChI=1S/C32H35N3O4/c1-39-25-12-14-29(35-16-6-3-7-17-35)27(20-25)32(23-8-4-2-5-9-23)34-30(36)19-22-10-13-28-26(18-22)24(21-33-28)11-15-31(37)38/h2,4-5,8-10,12-14,18,20-21,32-33H,3,6-7,11,15-17,19H2,1H3,(H,34,36)(H,37,38). The van der Waals surface area contributed by atoms with Gasteiger partial charge >= 0.3 is 5.97 Å². The number of methoxy groups -OCH3 is 1. The van der Waals surface area contributed by atoms with E-state index in [9.17, 15) is 9.59 Å². The number of amides is 1. The van der Waals surface area contributed by atoms with Crippen molar-refractivity contribution >= 4 is 28.5 Å². The molecular formula is C32H35N3O4. The second kappa shape index (κ2) is 12.1. The molecule has 5 rings (SSSR count). The lowest BCUT2D eigenvalue weighted by molar-refractivity contribution is -0.137. The number of aromatic nitrogens is 1. The van der Waals surface area contributed by atoms with Gasteiger partial charge in [-0.2, -0.15) is 0 Å². The molecule has 1 fully saturated rings. The molecule has 0 saturated carbocycles. The van der Waals surface area contributed by atoms with Gasteiger partial charge in [-0.3, -0.25) is 9.59 Å². The van der Waals surface area contributed by atoms with Crippen molar-refractivity contribution in [3.05, 3.63) is 95.2 Å². The van der Waals surface area contributed by atoms with E-state index in [0.717, 1.165) is 70.5 Å². The quantitative estimate of drug-likeness (QED) is 0.249. The summed E-state index contributed by atoms with van der Waals surface area (Å²) in [6.45, 7) is 1.99. The number of carbonyl (C=O) groups is 2. The average Bonchev–Trinajstić information content (AvgIpc) is 3.37. The molecule has 0 spiro atoms. The van der Waals surface area contributed by atoms with Crippen LogP contribution in [0.5, 0.6) is 5.75 Å². The number of fused-ring (bicyclic) bond motifs is 1. The number of carboxylic acids is 1. The predicted molar refractivity (Wildman–Crippen MR) is 153 cm³/mol. The monoisotopic (exact) mass is 525 g/mol. The number of hydrogen-bond acceptors (Lipinski definition) is 4. The van der Waals surface area contributed by atoms with E-state index in [1.165, 1.54) is 6.42 Å². The summed E-state index contributed by atoms with van der Waals surface area (Å²) in [7, 11) is 1.66. The number of nitrogens with one attached hydrogen (secondary N) is 2. The summed E-state index contributed by atoms with van der Waals surface area (Å²) in [5.41, 5.74) is 5.91. The fourth-order valence-electron chi connectivity index (χ4n) is 5.48. The van der Waals surface area contributed by atoms with Crippen LogP contribution in [-0.2, 0) is 22.4 Å². The second-order valence-electron chi connectivity index (χ2n) is 10.1. The average molecular weight is 526 g/mol. The van der Waals surface area contributed by atoms with Gasteiger partial charge in [0.2, 0.25) is 5.91 Å². The van der Waals surface area contributed by atoms with Crippen molar-refractivity contribution in [2.75, 3.05) is 25.1 Å². The Morgan fingerprint density at radius 3 is 2.56 bits per heavy atom. The Morgan fingerprint density at radius 1 is 1.03 bits per heavy atom. The highest BCUT2D eigenvalue weighted by molar-refractivity contribution is 5.87. The fourth-order valence-corrected chi connectivity index (χ4v) is 5.48. The first-order chi connectivity index (χ1) is 19.0. The highest BCUT2D eigenvalue weighted by Gasteiger charge is 2.24. The number of H-pyrrole nitrogens is 1. The van der Waals surface area contributed by atoms with Gasteiger partial charge in [0, 0.05) is 47.9 Å². The van der Waals surface area contributed by atoms with Crippen LogP contribution in [0.2, 0.25) is 0 Å². The van der Waals surface area contributed by atoms with E-state index < -0.39 is 5.97 Å². The number of anilines is 1. The van der Waals surface area contributed by atoms with Crippen molar-refractivity contribution in [3.63, 3.8) is 0 Å². The summed E-state index contributed by atoms with van der Waals surface area (Å²) in [4.78, 5) is 30.2. The molecule has 3 aromatic carbocycles. The number of rotatable bonds is 10. The van der Waals surface area contributed by atoms with E-state index in [-0.39, 0.29) is 24.8 Å². The topological polar surface area (TPSA) is 94.7 Å². The largest absolute Gasteiger partial charge is 0.497 e. The van der Waals surface area contributed by atoms with Crippen LogP contribution in [0.15, 0.2) is 72.9 Å². The number of carbonyl (C=O) groups excluding carboxylic acids is 1. The smallest absolute Gasteiger partial charge is 0.303 e. The van der Waals surface area contributed by atoms with Gasteiger partial charge in [0.1, 0.15) is 5.75 Å². The first-order valence-corrected chi connectivity index (χ1v) is 13.6. The van der Waals surface area contributed by atoms with Gasteiger partial charge in [-0.15, -0.1) is 0 Å². The highest BCUT2D eigenvalue weighted by atomic mass is 16.5. The number of carboxylic acid groups (broad SMARTS) is 1. The van der Waals surface area contributed by atoms with Crippen LogP contribution < -0.4 is 15.0 Å². The zero-order valence-electron chi connectivity index (χ0n) is 22.3. The fraction of sp³-hybridized carbons (Fsp3) is 0.312. The predicted octanol–water partition coefficient (Wildman–Crippen LogP) is 5.63. The summed E-state index contributed by atoms with van der Waals surface area (Å²) >= 11 is 0. The van der Waals surface area contributed by atoms with Crippen molar-refractivity contribution < 1.29 is 19.4 Å². The summed E-state index contributed by atoms with van der Waals surface area (Å²) in [5, 5.41) is 13.4. The van der Waals surface area contributed by atoms with Gasteiger partial charge < -0.3 is 25.0 Å². The number of aliphatic carboxylic acids is 1. The molecule has 39 heavy (non-hydrogen) atoms. The second-order valence-corrected chi connectivity index (χ2v) is 10.1. The summed E-state index contributed by atoms with van der Waals surface area (Å²) in [6.07, 6.45) is 6.13. The van der Waals surface area contributed by atoms with Gasteiger partial charge in [-0.1, -0.05) is 36.4 Å². The molecule has 4 aromatic rings. The third-order valence-corrected chi connectivity index (χ3v) is 7.49. The maximum atomic E-state index is 13.5. The molecule has 1 aliphatic heterocycles. The Hall–Kier alpha value is -4.26. The molecule has 7 heteroatoms. The van der Waals surface area contributed by atoms with Gasteiger partial charge in [-0.25, -0.2) is 0 Å². The first kappa shape index (κ1) is 26.4. The Morgan fingerprint density at radius 2 is 1.82 bits per heavy atom. The Bertz CT molecular complexity index is 1440. The molecule has 7 nitrogen and oxygen atoms in total. The summed E-state index contributed by atoms with van der Waals surface area (Å²) in [6, 6.07) is 21.8. The molecular weight excluding hydrogens is 490 g/mol. The summed E-state index contributed by atoms with van der Waals surface area (Å²) < 4.78 is 5.59. The molecule has 3 N–H and O–H groups in total. The minimum Gasteiger partial charge on any atom is -0.497 e. The first-order valence-electron chi connectivity index (χ1n) is 13.6. The van der Waals surface area contributed by atoms with Gasteiger partial charge in [-0.05, 0) is 72.7 Å². The third-order valence-electron chi connectivity index (χ3n) is 7.49. The van der Waals surface area contributed by atoms with Crippen molar-refractivity contribution in [2.45, 2.75) is 44.6 Å². The molecule has 1 aliphatic rings. The molecule has 202 valence electrons. The van der Waals surface area contributed by atoms with E-state index >= 15 is 0 Å². The van der Waals surface area contributed by atoms with Crippen LogP contribution in [0.25, 0.3) is 10.9 Å². The lowest BCUT2D eigenvalue weighted by atomic mass is 9.95. The van der Waals surface area contributed by atoms with E-state index in [0.29, 0.717) is 6.42 Å². The van der Waals surface area contributed by atoms with Crippen molar-refractivity contribution in [1.29, 1.82) is 0 Å². The highest BCUT2D eigenvalue weighted by Crippen LogP contribution is 2.35. The van der Waals surface area contributed by atoms with Crippen LogP contribution in [-0.4, -0.2) is 42.2 Å². The molecule has 1 saturated heterocycles. The molecule has 1 amide bonds. The normalized spacial score (nSPS) is 14.2. The maximum Gasteiger partial charge on any atom is 0.303 e. The molecule has 1 atom stereocenters.